The topological polar surface area (TPSA) is 71.5 Å². The van der Waals surface area contributed by atoms with E-state index in [0.717, 1.165) is 76.6 Å². The lowest BCUT2D eigenvalue weighted by atomic mass is 10.0. The molecule has 1 fully saturated rings. The van der Waals surface area contributed by atoms with E-state index in [1.165, 1.54) is 108 Å². The maximum atomic E-state index is 12.3. The predicted octanol–water partition coefficient (Wildman–Crippen LogP) is 9.23. The Bertz CT molecular complexity index is 905. The summed E-state index contributed by atoms with van der Waals surface area (Å²) in [7, 11) is 0. The number of benzene rings is 1. The Balaban J connectivity index is 1.70. The molecule has 1 heterocycles. The number of esters is 1. The molecule has 1 aromatic carbocycles. The number of carbonyl (C=O) groups excluding carboxylic acids is 1. The van der Waals surface area contributed by atoms with Gasteiger partial charge in [0.1, 0.15) is 24.7 Å². The number of aliphatic hydroxyl groups excluding tert-OH is 1. The first-order valence-corrected chi connectivity index (χ1v) is 20.2. The summed E-state index contributed by atoms with van der Waals surface area (Å²) in [4.78, 5) is 17.0. The number of nitrogens with zero attached hydrogens (tertiary/aromatic N) is 2. The molecule has 7 nitrogen and oxygen atoms in total. The molecule has 1 saturated heterocycles. The molecule has 7 heteroatoms. The average molecular weight is 675 g/mol. The van der Waals surface area contributed by atoms with Crippen LogP contribution in [0.5, 0.6) is 11.5 Å². The van der Waals surface area contributed by atoms with E-state index < -0.39 is 0 Å². The van der Waals surface area contributed by atoms with Gasteiger partial charge < -0.3 is 24.2 Å². The van der Waals surface area contributed by atoms with Gasteiger partial charge in [0.15, 0.2) is 0 Å². The molecular weight excluding hydrogens is 600 g/mol. The second-order valence-corrected chi connectivity index (χ2v) is 14.1. The van der Waals surface area contributed by atoms with Gasteiger partial charge in [-0.25, -0.2) is 0 Å². The van der Waals surface area contributed by atoms with E-state index in [9.17, 15) is 4.79 Å². The van der Waals surface area contributed by atoms with E-state index in [4.69, 9.17) is 19.3 Å². The lowest BCUT2D eigenvalue weighted by Gasteiger charge is -2.34. The fourth-order valence-corrected chi connectivity index (χ4v) is 6.61. The van der Waals surface area contributed by atoms with Crippen LogP contribution in [0.2, 0.25) is 0 Å². The van der Waals surface area contributed by atoms with Crippen molar-refractivity contribution in [2.45, 2.75) is 149 Å². The molecule has 1 aromatic rings. The fraction of sp³-hybridized carbons (Fsp3) is 0.829. The van der Waals surface area contributed by atoms with E-state index >= 15 is 0 Å². The van der Waals surface area contributed by atoms with Crippen LogP contribution in [-0.4, -0.2) is 86.6 Å². The highest BCUT2D eigenvalue weighted by atomic mass is 16.6. The molecule has 0 radical (unpaired) electrons. The molecule has 2 rings (SSSR count). The third-order valence-electron chi connectivity index (χ3n) is 9.89. The molecular formula is C41H74N2O5. The Hall–Kier alpha value is -1.83. The standard InChI is InChI=1S/C41H74N2O5/c1-4-7-9-10-11-12-13-14-15-16-17-18-19-22-38-33-39(35-40(34-38)48-36-37(6-3)21-8-5-2)46-31-32-47-41(45)23-20-24-42-25-27-43(28-26-42)29-30-44/h33-35,37,44H,4-32,36H2,1-3H3. The SMILES string of the molecule is CCCCCCCCCCCCCCCc1cc(OCCOC(=O)CCCN2CCN(CCO)CC2)cc(OCC(CC)CCCC)c1. The summed E-state index contributed by atoms with van der Waals surface area (Å²) in [6.07, 6.45) is 24.8. The minimum atomic E-state index is -0.157. The summed E-state index contributed by atoms with van der Waals surface area (Å²) in [6.45, 7) is 13.9. The Kier molecular flexibility index (Phi) is 25.5. The number of carbonyl (C=O) groups is 1. The van der Waals surface area contributed by atoms with E-state index in [2.05, 4.69) is 42.7 Å². The molecule has 1 unspecified atom stereocenters. The van der Waals surface area contributed by atoms with Gasteiger partial charge >= 0.3 is 5.97 Å². The van der Waals surface area contributed by atoms with Gasteiger partial charge in [0.05, 0.1) is 13.2 Å². The largest absolute Gasteiger partial charge is 0.493 e. The molecule has 48 heavy (non-hydrogen) atoms. The minimum absolute atomic E-state index is 0.157. The normalized spacial score (nSPS) is 14.7. The van der Waals surface area contributed by atoms with Gasteiger partial charge in [-0.15, -0.1) is 0 Å². The maximum Gasteiger partial charge on any atom is 0.305 e. The van der Waals surface area contributed by atoms with Crippen LogP contribution in [0.1, 0.15) is 148 Å². The van der Waals surface area contributed by atoms with Crippen molar-refractivity contribution in [1.29, 1.82) is 0 Å². The van der Waals surface area contributed by atoms with Crippen LogP contribution in [0.3, 0.4) is 0 Å². The fourth-order valence-electron chi connectivity index (χ4n) is 6.61. The van der Waals surface area contributed by atoms with Gasteiger partial charge in [0, 0.05) is 45.2 Å². The smallest absolute Gasteiger partial charge is 0.305 e. The van der Waals surface area contributed by atoms with Crippen molar-refractivity contribution in [3.8, 4) is 11.5 Å². The Morgan fingerprint density at radius 1 is 0.688 bits per heavy atom. The molecule has 0 amide bonds. The van der Waals surface area contributed by atoms with Crippen LogP contribution in [0.15, 0.2) is 18.2 Å². The van der Waals surface area contributed by atoms with Crippen molar-refractivity contribution >= 4 is 5.97 Å². The summed E-state index contributed by atoms with van der Waals surface area (Å²) < 4.78 is 17.9. The average Bonchev–Trinajstić information content (AvgIpc) is 3.09. The quantitative estimate of drug-likeness (QED) is 0.0622. The van der Waals surface area contributed by atoms with Crippen molar-refractivity contribution in [1.82, 2.24) is 9.80 Å². The Labute approximate surface area is 295 Å². The zero-order chi connectivity index (χ0) is 34.5. The number of aryl methyl sites for hydroxylation is 1. The predicted molar refractivity (Wildman–Crippen MR) is 200 cm³/mol. The van der Waals surface area contributed by atoms with Crippen molar-refractivity contribution in [2.24, 2.45) is 5.92 Å². The minimum Gasteiger partial charge on any atom is -0.493 e. The van der Waals surface area contributed by atoms with Crippen LogP contribution in [0, 0.1) is 5.92 Å². The molecule has 1 N–H and O–H groups in total. The number of hydrogen-bond donors (Lipinski definition) is 1. The molecule has 0 saturated carbocycles. The number of unbranched alkanes of at least 4 members (excludes halogenated alkanes) is 13. The van der Waals surface area contributed by atoms with Crippen LogP contribution in [0.25, 0.3) is 0 Å². The second kappa shape index (κ2) is 29.0. The zero-order valence-corrected chi connectivity index (χ0v) is 31.5. The highest BCUT2D eigenvalue weighted by molar-refractivity contribution is 5.69. The third kappa shape index (κ3) is 21.3. The van der Waals surface area contributed by atoms with Crippen LogP contribution in [-0.2, 0) is 16.0 Å². The van der Waals surface area contributed by atoms with Crippen molar-refractivity contribution in [3.63, 3.8) is 0 Å². The van der Waals surface area contributed by atoms with E-state index in [-0.39, 0.29) is 19.2 Å². The molecule has 0 aliphatic carbocycles. The Morgan fingerprint density at radius 2 is 1.25 bits per heavy atom. The van der Waals surface area contributed by atoms with Crippen LogP contribution >= 0.6 is 0 Å². The van der Waals surface area contributed by atoms with Crippen molar-refractivity contribution < 1.29 is 24.1 Å². The molecule has 278 valence electrons. The highest BCUT2D eigenvalue weighted by Crippen LogP contribution is 2.26. The van der Waals surface area contributed by atoms with Gasteiger partial charge in [-0.1, -0.05) is 117 Å². The lowest BCUT2D eigenvalue weighted by Crippen LogP contribution is -2.47. The van der Waals surface area contributed by atoms with E-state index in [1.807, 2.05) is 6.07 Å². The number of β-amino-alcohol motifs (C(OH)–C–C–N with tert-alkyl or cyclic N) is 1. The number of ether oxygens (including phenoxy) is 3. The second-order valence-electron chi connectivity index (χ2n) is 14.1. The molecule has 0 aromatic heterocycles. The Morgan fingerprint density at radius 3 is 1.83 bits per heavy atom. The molecule has 0 bridgehead atoms. The summed E-state index contributed by atoms with van der Waals surface area (Å²) in [5.74, 6) is 2.11. The third-order valence-corrected chi connectivity index (χ3v) is 9.89. The van der Waals surface area contributed by atoms with Gasteiger partial charge in [0.2, 0.25) is 0 Å². The van der Waals surface area contributed by atoms with Gasteiger partial charge in [-0.2, -0.15) is 0 Å². The lowest BCUT2D eigenvalue weighted by molar-refractivity contribution is -0.144. The number of aliphatic hydroxyl groups is 1. The number of piperazine rings is 1. The summed E-state index contributed by atoms with van der Waals surface area (Å²) in [6, 6.07) is 6.35. The van der Waals surface area contributed by atoms with Gasteiger partial charge in [0.25, 0.3) is 0 Å². The zero-order valence-electron chi connectivity index (χ0n) is 31.5. The van der Waals surface area contributed by atoms with Crippen LogP contribution in [0.4, 0.5) is 0 Å². The number of hydrogen-bond acceptors (Lipinski definition) is 7. The number of rotatable bonds is 31. The highest BCUT2D eigenvalue weighted by Gasteiger charge is 2.16. The first-order valence-electron chi connectivity index (χ1n) is 20.2. The summed E-state index contributed by atoms with van der Waals surface area (Å²) in [5.41, 5.74) is 1.27. The van der Waals surface area contributed by atoms with Crippen molar-refractivity contribution in [3.05, 3.63) is 23.8 Å². The van der Waals surface area contributed by atoms with E-state index in [1.54, 1.807) is 0 Å². The summed E-state index contributed by atoms with van der Waals surface area (Å²) in [5, 5.41) is 9.11. The maximum absolute atomic E-state index is 12.3. The molecule has 1 aliphatic rings. The van der Waals surface area contributed by atoms with Gasteiger partial charge in [-0.05, 0) is 55.8 Å². The van der Waals surface area contributed by atoms with Crippen molar-refractivity contribution in [2.75, 3.05) is 65.7 Å². The molecule has 1 aliphatic heterocycles. The molecule has 1 atom stereocenters. The first-order chi connectivity index (χ1) is 23.6. The summed E-state index contributed by atoms with van der Waals surface area (Å²) >= 11 is 0. The molecule has 0 spiro atoms. The monoisotopic (exact) mass is 675 g/mol. The van der Waals surface area contributed by atoms with Gasteiger partial charge in [-0.3, -0.25) is 9.69 Å². The van der Waals surface area contributed by atoms with E-state index in [0.29, 0.717) is 18.9 Å². The first kappa shape index (κ1) is 42.3. The van der Waals surface area contributed by atoms with Crippen LogP contribution < -0.4 is 9.47 Å².